The second-order valence-electron chi connectivity index (χ2n) is 6.73. The number of hydrogen-bond donors (Lipinski definition) is 2. The molecule has 0 saturated heterocycles. The molecule has 3 N–H and O–H groups in total. The monoisotopic (exact) mass is 445 g/mol. The molecule has 2 aromatic rings. The van der Waals surface area contributed by atoms with E-state index in [-0.39, 0.29) is 6.61 Å². The van der Waals surface area contributed by atoms with Gasteiger partial charge in [-0.25, -0.2) is 4.85 Å². The normalized spacial score (nSPS) is 11.1. The number of nitrogens with two attached hydrogens (primary N) is 1. The molecule has 31 heavy (non-hydrogen) atoms. The van der Waals surface area contributed by atoms with Crippen LogP contribution in [0.25, 0.3) is 4.85 Å². The molecule has 0 radical (unpaired) electrons. The van der Waals surface area contributed by atoms with Crippen molar-refractivity contribution >= 4 is 39.3 Å². The van der Waals surface area contributed by atoms with E-state index < -0.39 is 5.91 Å². The highest BCUT2D eigenvalue weighted by Crippen LogP contribution is 2.42. The third-order valence-electron chi connectivity index (χ3n) is 4.48. The van der Waals surface area contributed by atoms with E-state index in [4.69, 9.17) is 26.9 Å². The number of primary amides is 1. The van der Waals surface area contributed by atoms with Crippen molar-refractivity contribution in [3.8, 4) is 0 Å². The summed E-state index contributed by atoms with van der Waals surface area (Å²) in [5, 5.41) is 17.5. The Morgan fingerprint density at radius 2 is 1.94 bits per heavy atom. The largest absolute Gasteiger partial charge is 0.394 e. The van der Waals surface area contributed by atoms with Gasteiger partial charge in [0.1, 0.15) is 5.00 Å². The van der Waals surface area contributed by atoms with Gasteiger partial charge >= 0.3 is 0 Å². The topological polar surface area (TPSA) is 114 Å². The maximum Gasteiger partial charge on any atom is 0.257 e. The molecular formula is C21H27N5O4S. The molecule has 0 aliphatic carbocycles. The van der Waals surface area contributed by atoms with E-state index in [0.717, 1.165) is 22.6 Å². The van der Waals surface area contributed by atoms with Crippen molar-refractivity contribution in [2.24, 2.45) is 16.0 Å². The third kappa shape index (κ3) is 6.83. The van der Waals surface area contributed by atoms with E-state index in [1.165, 1.54) is 0 Å². The van der Waals surface area contributed by atoms with Gasteiger partial charge in [-0.15, -0.1) is 11.3 Å². The Labute approximate surface area is 185 Å². The number of anilines is 1. The minimum atomic E-state index is -0.570. The van der Waals surface area contributed by atoms with Gasteiger partial charge in [-0.05, 0) is 43.2 Å². The molecule has 0 aliphatic rings. The van der Waals surface area contributed by atoms with Gasteiger partial charge in [-0.1, -0.05) is 0 Å². The molecule has 0 saturated carbocycles. The number of azo groups is 1. The summed E-state index contributed by atoms with van der Waals surface area (Å²) >= 11 is 1.08. The van der Waals surface area contributed by atoms with Crippen LogP contribution in [0.5, 0.6) is 0 Å². The lowest BCUT2D eigenvalue weighted by atomic mass is 10.1. The average Bonchev–Trinajstić information content (AvgIpc) is 3.07. The van der Waals surface area contributed by atoms with Crippen LogP contribution >= 0.6 is 11.3 Å². The first kappa shape index (κ1) is 24.4. The first-order valence-electron chi connectivity index (χ1n) is 9.69. The third-order valence-corrected chi connectivity index (χ3v) is 5.66. The highest BCUT2D eigenvalue weighted by molar-refractivity contribution is 7.18. The lowest BCUT2D eigenvalue weighted by Gasteiger charge is -2.20. The van der Waals surface area contributed by atoms with Crippen LogP contribution in [-0.2, 0) is 9.47 Å². The van der Waals surface area contributed by atoms with Crippen LogP contribution in [0.4, 0.5) is 22.1 Å². The summed E-state index contributed by atoms with van der Waals surface area (Å²) in [7, 11) is 1.98. The van der Waals surface area contributed by atoms with Gasteiger partial charge in [-0.2, -0.15) is 10.2 Å². The number of thiophene rings is 1. The molecule has 10 heteroatoms. The molecule has 0 bridgehead atoms. The van der Waals surface area contributed by atoms with E-state index in [1.54, 1.807) is 6.92 Å². The van der Waals surface area contributed by atoms with E-state index in [9.17, 15) is 4.79 Å². The minimum Gasteiger partial charge on any atom is -0.394 e. The number of aliphatic hydroxyl groups is 1. The summed E-state index contributed by atoms with van der Waals surface area (Å²) in [6.45, 7) is 13.5. The Hall–Kier alpha value is -2.84. The molecule has 0 aliphatic heterocycles. The molecule has 1 aromatic heterocycles. The van der Waals surface area contributed by atoms with Crippen LogP contribution in [0.15, 0.2) is 28.4 Å². The lowest BCUT2D eigenvalue weighted by Crippen LogP contribution is -2.23. The number of rotatable bonds is 12. The van der Waals surface area contributed by atoms with Gasteiger partial charge in [0.05, 0.1) is 50.2 Å². The molecule has 1 aromatic carbocycles. The van der Waals surface area contributed by atoms with E-state index in [2.05, 4.69) is 20.0 Å². The van der Waals surface area contributed by atoms with Gasteiger partial charge < -0.3 is 25.2 Å². The van der Waals surface area contributed by atoms with Gasteiger partial charge in [0, 0.05) is 19.3 Å². The number of aliphatic hydroxyl groups excluding tert-OH is 1. The molecule has 2 rings (SSSR count). The number of carbonyl (C=O) groups is 1. The molecule has 0 atom stereocenters. The van der Waals surface area contributed by atoms with Gasteiger partial charge in [0.2, 0.25) is 5.69 Å². The number of nitrogens with zero attached hydrogens (tertiary/aromatic N) is 4. The zero-order valence-corrected chi connectivity index (χ0v) is 18.7. The predicted octanol–water partition coefficient (Wildman–Crippen LogP) is 3.89. The summed E-state index contributed by atoms with van der Waals surface area (Å²) in [4.78, 5) is 17.4. The van der Waals surface area contributed by atoms with Crippen LogP contribution in [0, 0.1) is 20.4 Å². The van der Waals surface area contributed by atoms with Crippen molar-refractivity contribution in [2.75, 3.05) is 51.5 Å². The Bertz CT molecular complexity index is 967. The SMILES string of the molecule is [C-]#[N+]c1c(N=Nc2ccc(N(C)CCOCCOCCO)cc2C)sc(C(N)=O)c1C. The van der Waals surface area contributed by atoms with E-state index in [0.29, 0.717) is 59.8 Å². The zero-order chi connectivity index (χ0) is 22.8. The molecular weight excluding hydrogens is 418 g/mol. The number of ether oxygens (including phenoxy) is 2. The second-order valence-corrected chi connectivity index (χ2v) is 7.73. The maximum absolute atomic E-state index is 11.5. The summed E-state index contributed by atoms with van der Waals surface area (Å²) in [6, 6.07) is 5.81. The Morgan fingerprint density at radius 3 is 2.55 bits per heavy atom. The van der Waals surface area contributed by atoms with Crippen molar-refractivity contribution in [3.63, 3.8) is 0 Å². The molecule has 0 unspecified atom stereocenters. The van der Waals surface area contributed by atoms with Gasteiger partial charge in [-0.3, -0.25) is 4.79 Å². The lowest BCUT2D eigenvalue weighted by molar-refractivity contribution is 0.0353. The summed E-state index contributed by atoms with van der Waals surface area (Å²) < 4.78 is 10.7. The highest BCUT2D eigenvalue weighted by atomic mass is 32.1. The predicted molar refractivity (Wildman–Crippen MR) is 121 cm³/mol. The number of carbonyl (C=O) groups excluding carboxylic acids is 1. The quantitative estimate of drug-likeness (QED) is 0.292. The molecule has 0 fully saturated rings. The highest BCUT2D eigenvalue weighted by Gasteiger charge is 2.18. The van der Waals surface area contributed by atoms with Crippen LogP contribution in [0.2, 0.25) is 0 Å². The fourth-order valence-corrected chi connectivity index (χ4v) is 3.65. The fraction of sp³-hybridized carbons (Fsp3) is 0.429. The van der Waals surface area contributed by atoms with Crippen molar-refractivity contribution in [1.29, 1.82) is 0 Å². The van der Waals surface area contributed by atoms with E-state index in [1.807, 2.05) is 32.2 Å². The van der Waals surface area contributed by atoms with Gasteiger partial charge in [0.25, 0.3) is 5.91 Å². The number of benzene rings is 1. The van der Waals surface area contributed by atoms with Crippen LogP contribution in [0.1, 0.15) is 20.8 Å². The number of hydrogen-bond acceptors (Lipinski definition) is 8. The summed E-state index contributed by atoms with van der Waals surface area (Å²) in [5.74, 6) is -0.570. The first-order valence-corrected chi connectivity index (χ1v) is 10.5. The molecule has 1 amide bonds. The van der Waals surface area contributed by atoms with Crippen LogP contribution in [0.3, 0.4) is 0 Å². The first-order chi connectivity index (χ1) is 14.9. The summed E-state index contributed by atoms with van der Waals surface area (Å²) in [6.07, 6.45) is 0. The smallest absolute Gasteiger partial charge is 0.257 e. The Morgan fingerprint density at radius 1 is 1.23 bits per heavy atom. The molecule has 1 heterocycles. The Kier molecular flexibility index (Phi) is 9.55. The molecule has 0 spiro atoms. The van der Waals surface area contributed by atoms with Crippen molar-refractivity contribution < 1.29 is 19.4 Å². The average molecular weight is 446 g/mol. The number of likely N-dealkylation sites (N-methyl/N-ethyl adjacent to an activating group) is 1. The number of aryl methyl sites for hydroxylation is 1. The van der Waals surface area contributed by atoms with Crippen molar-refractivity contribution in [3.05, 3.63) is 45.6 Å². The molecule has 166 valence electrons. The zero-order valence-electron chi connectivity index (χ0n) is 17.9. The Balaban J connectivity index is 1.99. The maximum atomic E-state index is 11.5. The van der Waals surface area contributed by atoms with Crippen molar-refractivity contribution in [2.45, 2.75) is 13.8 Å². The van der Waals surface area contributed by atoms with E-state index >= 15 is 0 Å². The van der Waals surface area contributed by atoms with Crippen molar-refractivity contribution in [1.82, 2.24) is 0 Å². The van der Waals surface area contributed by atoms with Crippen LogP contribution in [-0.4, -0.2) is 57.6 Å². The molecule has 9 nitrogen and oxygen atoms in total. The summed E-state index contributed by atoms with van der Waals surface area (Å²) in [5.41, 5.74) is 8.83. The van der Waals surface area contributed by atoms with Gasteiger partial charge in [0.15, 0.2) is 0 Å². The minimum absolute atomic E-state index is 0.0136. The fourth-order valence-electron chi connectivity index (χ4n) is 2.73. The standard InChI is InChI=1S/C21H27N5O4S/c1-14-13-16(26(4)7-9-29-11-12-30-10-8-27)5-6-17(14)24-25-21-18(23-3)15(2)19(31-21)20(22)28/h5-6,13,27H,7-12H2,1-2,4H3,(H2,22,28). The number of amides is 1. The van der Waals surface area contributed by atoms with Crippen LogP contribution < -0.4 is 10.6 Å². The second kappa shape index (κ2) is 12.1.